The monoisotopic (exact) mass is 341 g/mol. The van der Waals surface area contributed by atoms with Crippen LogP contribution in [0.4, 0.5) is 5.69 Å². The summed E-state index contributed by atoms with van der Waals surface area (Å²) >= 11 is 1.71. The lowest BCUT2D eigenvalue weighted by atomic mass is 10.2. The predicted octanol–water partition coefficient (Wildman–Crippen LogP) is 4.64. The van der Waals surface area contributed by atoms with E-state index in [1.54, 1.807) is 23.9 Å². The quantitative estimate of drug-likeness (QED) is 0.480. The van der Waals surface area contributed by atoms with Gasteiger partial charge >= 0.3 is 0 Å². The van der Waals surface area contributed by atoms with Crippen LogP contribution in [0.15, 0.2) is 59.0 Å². The summed E-state index contributed by atoms with van der Waals surface area (Å²) < 4.78 is 5.71. The third-order valence-electron chi connectivity index (χ3n) is 3.46. The van der Waals surface area contributed by atoms with Crippen LogP contribution in [-0.4, -0.2) is 15.1 Å². The van der Waals surface area contributed by atoms with Gasteiger partial charge in [0.05, 0.1) is 10.2 Å². The maximum Gasteiger partial charge on any atom is 0.269 e. The number of nitrogens with zero attached hydrogens (tertiary/aromatic N) is 3. The fourth-order valence-electron chi connectivity index (χ4n) is 2.11. The summed E-state index contributed by atoms with van der Waals surface area (Å²) in [5.41, 5.74) is 1.94. The minimum atomic E-state index is -0.439. The summed E-state index contributed by atoms with van der Waals surface area (Å²) in [6.45, 7) is 2.01. The van der Waals surface area contributed by atoms with E-state index < -0.39 is 4.92 Å². The van der Waals surface area contributed by atoms with E-state index in [9.17, 15) is 10.1 Å². The Kier molecular flexibility index (Phi) is 4.90. The van der Waals surface area contributed by atoms with Crippen LogP contribution >= 0.6 is 11.8 Å². The van der Waals surface area contributed by atoms with Gasteiger partial charge in [-0.15, -0.1) is 22.0 Å². The number of hydrogen-bond acceptors (Lipinski definition) is 6. The molecule has 2 aromatic carbocycles. The fourth-order valence-corrected chi connectivity index (χ4v) is 2.98. The van der Waals surface area contributed by atoms with Crippen LogP contribution in [0.1, 0.15) is 23.6 Å². The molecule has 0 aliphatic carbocycles. The van der Waals surface area contributed by atoms with Crippen molar-refractivity contribution in [3.63, 3.8) is 0 Å². The van der Waals surface area contributed by atoms with Gasteiger partial charge in [-0.2, -0.15) is 0 Å². The normalized spacial score (nSPS) is 12.0. The maximum atomic E-state index is 10.7. The molecule has 3 aromatic rings. The van der Waals surface area contributed by atoms with Crippen LogP contribution < -0.4 is 0 Å². The van der Waals surface area contributed by atoms with Crippen LogP contribution in [-0.2, 0) is 5.75 Å². The molecule has 0 unspecified atom stereocenters. The second-order valence-electron chi connectivity index (χ2n) is 5.19. The van der Waals surface area contributed by atoms with Crippen LogP contribution in [0, 0.1) is 10.1 Å². The molecule has 0 fully saturated rings. The van der Waals surface area contributed by atoms with E-state index in [-0.39, 0.29) is 10.9 Å². The highest BCUT2D eigenvalue weighted by Crippen LogP contribution is 2.32. The maximum absolute atomic E-state index is 10.7. The van der Waals surface area contributed by atoms with E-state index in [0.29, 0.717) is 17.3 Å². The molecule has 0 radical (unpaired) electrons. The number of non-ortho nitro benzene ring substituents is 1. The second-order valence-corrected chi connectivity index (χ2v) is 6.52. The molecule has 1 atom stereocenters. The van der Waals surface area contributed by atoms with Gasteiger partial charge in [-0.3, -0.25) is 10.1 Å². The minimum Gasteiger partial charge on any atom is -0.420 e. The molecule has 1 heterocycles. The molecule has 0 aliphatic heterocycles. The predicted molar refractivity (Wildman–Crippen MR) is 92.5 cm³/mol. The van der Waals surface area contributed by atoms with Gasteiger partial charge in [-0.25, -0.2) is 0 Å². The van der Waals surface area contributed by atoms with Crippen molar-refractivity contribution in [2.45, 2.75) is 17.9 Å². The molecule has 0 aliphatic rings. The van der Waals surface area contributed by atoms with Gasteiger partial charge in [-0.05, 0) is 24.6 Å². The molecular weight excluding hydrogens is 326 g/mol. The molecule has 0 amide bonds. The Morgan fingerprint density at radius 2 is 1.83 bits per heavy atom. The molecule has 7 heteroatoms. The van der Waals surface area contributed by atoms with Crippen LogP contribution in [0.5, 0.6) is 0 Å². The Morgan fingerprint density at radius 3 is 2.50 bits per heavy atom. The molecule has 1 aromatic heterocycles. The smallest absolute Gasteiger partial charge is 0.269 e. The molecule has 0 N–H and O–H groups in total. The number of benzene rings is 2. The van der Waals surface area contributed by atoms with Gasteiger partial charge < -0.3 is 4.42 Å². The van der Waals surface area contributed by atoms with Crippen molar-refractivity contribution in [2.75, 3.05) is 0 Å². The minimum absolute atomic E-state index is 0.0327. The first-order valence-corrected chi connectivity index (χ1v) is 8.42. The van der Waals surface area contributed by atoms with Crippen molar-refractivity contribution in [1.82, 2.24) is 10.2 Å². The Hall–Kier alpha value is -2.67. The largest absolute Gasteiger partial charge is 0.420 e. The summed E-state index contributed by atoms with van der Waals surface area (Å²) in [6, 6.07) is 16.2. The van der Waals surface area contributed by atoms with Crippen molar-refractivity contribution in [3.8, 4) is 11.5 Å². The topological polar surface area (TPSA) is 82.1 Å². The second kappa shape index (κ2) is 7.27. The molecule has 0 spiro atoms. The Bertz CT molecular complexity index is 819. The zero-order chi connectivity index (χ0) is 16.9. The van der Waals surface area contributed by atoms with Crippen LogP contribution in [0.3, 0.4) is 0 Å². The molecular formula is C17H15N3O3S. The van der Waals surface area contributed by atoms with E-state index in [0.717, 1.165) is 5.75 Å². The third-order valence-corrected chi connectivity index (χ3v) is 4.66. The first-order chi connectivity index (χ1) is 11.6. The fraction of sp³-hybridized carbons (Fsp3) is 0.176. The Labute approximate surface area is 143 Å². The van der Waals surface area contributed by atoms with E-state index in [4.69, 9.17) is 4.42 Å². The lowest BCUT2D eigenvalue weighted by Gasteiger charge is -2.06. The molecule has 24 heavy (non-hydrogen) atoms. The zero-order valence-corrected chi connectivity index (χ0v) is 13.8. The van der Waals surface area contributed by atoms with E-state index in [1.807, 2.05) is 25.1 Å². The standard InChI is InChI=1S/C17H15N3O3S/c1-12(24-11-13-5-3-2-4-6-13)16-18-19-17(23-16)14-7-9-15(10-8-14)20(21)22/h2-10,12H,11H2,1H3/t12-/m1/s1. The van der Waals surface area contributed by atoms with Gasteiger partial charge in [-0.1, -0.05) is 30.3 Å². The first-order valence-electron chi connectivity index (χ1n) is 7.37. The molecule has 0 bridgehead atoms. The molecule has 6 nitrogen and oxygen atoms in total. The highest BCUT2D eigenvalue weighted by molar-refractivity contribution is 7.98. The van der Waals surface area contributed by atoms with Crippen LogP contribution in [0.25, 0.3) is 11.5 Å². The summed E-state index contributed by atoms with van der Waals surface area (Å²) in [5.74, 6) is 1.77. The lowest BCUT2D eigenvalue weighted by Crippen LogP contribution is -1.90. The highest BCUT2D eigenvalue weighted by Gasteiger charge is 2.16. The van der Waals surface area contributed by atoms with Gasteiger partial charge in [0.1, 0.15) is 0 Å². The van der Waals surface area contributed by atoms with Gasteiger partial charge in [0.15, 0.2) is 0 Å². The van der Waals surface area contributed by atoms with Gasteiger partial charge in [0, 0.05) is 23.4 Å². The molecule has 122 valence electrons. The number of thioether (sulfide) groups is 1. The zero-order valence-electron chi connectivity index (χ0n) is 13.0. The van der Waals surface area contributed by atoms with Gasteiger partial charge in [0.2, 0.25) is 11.8 Å². The number of nitro groups is 1. The first kappa shape index (κ1) is 16.2. The average Bonchev–Trinajstić information content (AvgIpc) is 3.11. The number of hydrogen-bond donors (Lipinski definition) is 0. The van der Waals surface area contributed by atoms with E-state index >= 15 is 0 Å². The van der Waals surface area contributed by atoms with Crippen molar-refractivity contribution in [1.29, 1.82) is 0 Å². The summed E-state index contributed by atoms with van der Waals surface area (Å²) in [6.07, 6.45) is 0. The van der Waals surface area contributed by atoms with Gasteiger partial charge in [0.25, 0.3) is 5.69 Å². The number of rotatable bonds is 6. The lowest BCUT2D eigenvalue weighted by molar-refractivity contribution is -0.384. The van der Waals surface area contributed by atoms with Crippen LogP contribution in [0.2, 0.25) is 0 Å². The van der Waals surface area contributed by atoms with Crippen molar-refractivity contribution in [3.05, 3.63) is 76.2 Å². The summed E-state index contributed by atoms with van der Waals surface area (Å²) in [7, 11) is 0. The van der Waals surface area contributed by atoms with Crippen molar-refractivity contribution in [2.24, 2.45) is 0 Å². The molecule has 0 saturated heterocycles. The molecule has 3 rings (SSSR count). The summed E-state index contributed by atoms with van der Waals surface area (Å²) in [4.78, 5) is 10.2. The van der Waals surface area contributed by atoms with Crippen molar-refractivity contribution >= 4 is 17.4 Å². The van der Waals surface area contributed by atoms with E-state index in [2.05, 4.69) is 22.3 Å². The SMILES string of the molecule is C[C@@H](SCc1ccccc1)c1nnc(-c2ccc([N+](=O)[O-])cc2)o1. The molecule has 0 saturated carbocycles. The summed E-state index contributed by atoms with van der Waals surface area (Å²) in [5, 5.41) is 18.9. The third kappa shape index (κ3) is 3.80. The Balaban J connectivity index is 1.67. The highest BCUT2D eigenvalue weighted by atomic mass is 32.2. The van der Waals surface area contributed by atoms with E-state index in [1.165, 1.54) is 17.7 Å². The number of aromatic nitrogens is 2. The number of nitro benzene ring substituents is 1. The Morgan fingerprint density at radius 1 is 1.12 bits per heavy atom. The average molecular weight is 341 g/mol. The van der Waals surface area contributed by atoms with Crippen molar-refractivity contribution < 1.29 is 9.34 Å².